The zero-order chi connectivity index (χ0) is 42.1. The Hall–Kier alpha value is -5.67. The van der Waals surface area contributed by atoms with Crippen molar-refractivity contribution in [3.8, 4) is 11.1 Å². The number of pyridine rings is 1. The summed E-state index contributed by atoms with van der Waals surface area (Å²) >= 11 is 1.32. The third-order valence-corrected chi connectivity index (χ3v) is 12.8. The van der Waals surface area contributed by atoms with Crippen LogP contribution in [0.15, 0.2) is 156 Å². The average Bonchev–Trinajstić information content (AvgIpc) is 3.28. The Labute approximate surface area is 353 Å². The summed E-state index contributed by atoms with van der Waals surface area (Å²) in [5, 5.41) is 22.7. The van der Waals surface area contributed by atoms with Crippen LogP contribution in [0.4, 0.5) is 0 Å². The van der Waals surface area contributed by atoms with Crippen molar-refractivity contribution in [3.05, 3.63) is 185 Å². The number of amides is 1. The fraction of sp³-hybridized carbons (Fsp3) is 0.213. The van der Waals surface area contributed by atoms with Gasteiger partial charge in [-0.15, -0.1) is 11.8 Å². The summed E-state index contributed by atoms with van der Waals surface area (Å²) in [6.07, 6.45) is 0.878. The Morgan fingerprint density at radius 1 is 0.817 bits per heavy atom. The fourth-order valence-corrected chi connectivity index (χ4v) is 9.16. The van der Waals surface area contributed by atoms with Crippen LogP contribution >= 0.6 is 11.8 Å². The molecule has 1 aliphatic rings. The lowest BCUT2D eigenvalue weighted by molar-refractivity contribution is -0.245. The Balaban J connectivity index is 1.07. The second-order valence-electron chi connectivity index (χ2n) is 14.5. The number of carbonyl (C=O) groups is 2. The molecule has 0 unspecified atom stereocenters. The molecule has 0 saturated carbocycles. The van der Waals surface area contributed by atoms with E-state index in [9.17, 15) is 28.2 Å². The van der Waals surface area contributed by atoms with Gasteiger partial charge in [-0.05, 0) is 71.0 Å². The molecule has 1 fully saturated rings. The highest BCUT2D eigenvalue weighted by Crippen LogP contribution is 2.40. The van der Waals surface area contributed by atoms with Gasteiger partial charge < -0.3 is 25.0 Å². The van der Waals surface area contributed by atoms with Crippen LogP contribution in [0, 0.1) is 6.92 Å². The summed E-state index contributed by atoms with van der Waals surface area (Å²) in [6, 6.07) is 40.9. The second-order valence-corrected chi connectivity index (χ2v) is 17.2. The first-order chi connectivity index (χ1) is 29.1. The Morgan fingerprint density at radius 3 is 2.23 bits per heavy atom. The third kappa shape index (κ3) is 10.7. The lowest BCUT2D eigenvalue weighted by Gasteiger charge is -2.36. The van der Waals surface area contributed by atoms with Crippen molar-refractivity contribution in [1.82, 2.24) is 15.0 Å². The summed E-state index contributed by atoms with van der Waals surface area (Å²) < 4.78 is 42.5. The van der Waals surface area contributed by atoms with Crippen LogP contribution < -0.4 is 10.0 Å². The number of nitrogens with zero attached hydrogens (tertiary/aromatic N) is 1. The number of aliphatic hydroxyl groups is 1. The largest absolute Gasteiger partial charge is 0.478 e. The summed E-state index contributed by atoms with van der Waals surface area (Å²) in [5.41, 5.74) is 6.98. The number of hydrogen-bond acceptors (Lipinski definition) is 9. The van der Waals surface area contributed by atoms with E-state index in [1.54, 1.807) is 24.4 Å². The molecule has 4 atom stereocenters. The highest BCUT2D eigenvalue weighted by Gasteiger charge is 2.33. The average molecular weight is 844 g/mol. The molecule has 0 spiro atoms. The van der Waals surface area contributed by atoms with E-state index in [2.05, 4.69) is 15.0 Å². The van der Waals surface area contributed by atoms with Gasteiger partial charge in [0.05, 0.1) is 29.3 Å². The lowest BCUT2D eigenvalue weighted by Crippen LogP contribution is -2.47. The Kier molecular flexibility index (Phi) is 13.9. The Bertz CT molecular complexity index is 2500. The monoisotopic (exact) mass is 843 g/mol. The number of aromatic carboxylic acids is 1. The van der Waals surface area contributed by atoms with E-state index in [1.165, 1.54) is 30.0 Å². The number of sulfonamides is 1. The lowest BCUT2D eigenvalue weighted by atomic mass is 9.97. The van der Waals surface area contributed by atoms with Gasteiger partial charge in [0, 0.05) is 30.5 Å². The first kappa shape index (κ1) is 42.5. The number of benzene rings is 5. The highest BCUT2D eigenvalue weighted by molar-refractivity contribution is 7.99. The van der Waals surface area contributed by atoms with Crippen LogP contribution in [-0.4, -0.2) is 53.4 Å². The van der Waals surface area contributed by atoms with E-state index in [0.717, 1.165) is 44.5 Å². The molecule has 308 valence electrons. The second kappa shape index (κ2) is 19.6. The number of rotatable bonds is 16. The number of aromatic nitrogens is 1. The Morgan fingerprint density at radius 2 is 1.52 bits per heavy atom. The molecule has 6 aromatic rings. The summed E-state index contributed by atoms with van der Waals surface area (Å²) in [4.78, 5) is 30.0. The number of hydrogen-bond donors (Lipinski definition) is 4. The first-order valence-electron chi connectivity index (χ1n) is 19.5. The van der Waals surface area contributed by atoms with Gasteiger partial charge in [0.1, 0.15) is 11.1 Å². The van der Waals surface area contributed by atoms with Crippen molar-refractivity contribution in [3.63, 3.8) is 0 Å². The van der Waals surface area contributed by atoms with Crippen molar-refractivity contribution in [2.24, 2.45) is 0 Å². The van der Waals surface area contributed by atoms with Gasteiger partial charge in [-0.3, -0.25) is 4.79 Å². The molecule has 0 bridgehead atoms. The minimum atomic E-state index is -4.00. The SMILES string of the molecule is Cc1ccc(S(=O)(=O)N[C@H](Cc2ccccc2)C(=O)NCc2ccccc2-c2ccc([C@@H]3O[C@H](CSc4ncccc4C(=O)O)C[C@H](c4ccc(CO)cc4)O3)cc2)cc1. The van der Waals surface area contributed by atoms with Crippen LogP contribution in [0.1, 0.15) is 62.6 Å². The zero-order valence-corrected chi connectivity index (χ0v) is 34.4. The molecular formula is C47H45N3O8S2. The van der Waals surface area contributed by atoms with E-state index in [1.807, 2.05) is 110 Å². The van der Waals surface area contributed by atoms with Gasteiger partial charge >= 0.3 is 5.97 Å². The number of aryl methyl sites for hydroxylation is 1. The van der Waals surface area contributed by atoms with E-state index < -0.39 is 34.2 Å². The number of carbonyl (C=O) groups excluding carboxylic acids is 1. The van der Waals surface area contributed by atoms with Gasteiger partial charge in [0.25, 0.3) is 0 Å². The minimum Gasteiger partial charge on any atom is -0.478 e. The smallest absolute Gasteiger partial charge is 0.338 e. The topological polar surface area (TPSA) is 164 Å². The molecule has 13 heteroatoms. The molecule has 5 aromatic carbocycles. The van der Waals surface area contributed by atoms with Crippen LogP contribution in [0.3, 0.4) is 0 Å². The van der Waals surface area contributed by atoms with Crippen molar-refractivity contribution < 1.29 is 37.7 Å². The number of thioether (sulfide) groups is 1. The number of ether oxygens (including phenoxy) is 2. The molecule has 1 aliphatic heterocycles. The fourth-order valence-electron chi connectivity index (χ4n) is 6.96. The normalized spacial score (nSPS) is 17.1. The number of carboxylic acid groups (broad SMARTS) is 1. The van der Waals surface area contributed by atoms with Crippen molar-refractivity contribution in [1.29, 1.82) is 0 Å². The van der Waals surface area contributed by atoms with Crippen molar-refractivity contribution >= 4 is 33.7 Å². The van der Waals surface area contributed by atoms with Gasteiger partial charge in [0.2, 0.25) is 15.9 Å². The molecule has 60 heavy (non-hydrogen) atoms. The number of aliphatic hydroxyl groups excluding tert-OH is 1. The molecule has 1 aromatic heterocycles. The number of carboxylic acids is 1. The van der Waals surface area contributed by atoms with E-state index in [-0.39, 0.29) is 42.2 Å². The molecule has 2 heterocycles. The number of nitrogens with one attached hydrogen (secondary N) is 2. The summed E-state index contributed by atoms with van der Waals surface area (Å²) in [7, 11) is -4.00. The highest BCUT2D eigenvalue weighted by atomic mass is 32.2. The maximum Gasteiger partial charge on any atom is 0.338 e. The predicted molar refractivity (Wildman–Crippen MR) is 230 cm³/mol. The summed E-state index contributed by atoms with van der Waals surface area (Å²) in [5.74, 6) is -1.06. The van der Waals surface area contributed by atoms with Crippen LogP contribution in [0.5, 0.6) is 0 Å². The predicted octanol–water partition coefficient (Wildman–Crippen LogP) is 7.79. The molecular weight excluding hydrogens is 799 g/mol. The quantitative estimate of drug-likeness (QED) is 0.0708. The molecule has 4 N–H and O–H groups in total. The van der Waals surface area contributed by atoms with E-state index in [4.69, 9.17) is 9.47 Å². The standard InChI is InChI=1S/C47H45N3O8S2/c1-31-13-23-39(24-14-31)60(55,56)50-42(26-32-8-3-2-4-9-32)44(52)49-28-37-10-5-6-11-40(37)34-19-21-36(22-20-34)47-57-38(30-59-45-41(46(53)54)12-7-25-48-45)27-43(58-47)35-17-15-33(29-51)16-18-35/h2-25,38,42-43,47,50-51H,26-30H2,1H3,(H,49,52)(H,53,54)/t38-,42+,43+,47+/m0/s1. The molecule has 1 saturated heterocycles. The minimum absolute atomic E-state index is 0.0700. The van der Waals surface area contributed by atoms with Crippen LogP contribution in [-0.2, 0) is 43.9 Å². The van der Waals surface area contributed by atoms with Gasteiger partial charge in [-0.2, -0.15) is 4.72 Å². The molecule has 11 nitrogen and oxygen atoms in total. The summed E-state index contributed by atoms with van der Waals surface area (Å²) in [6.45, 7) is 1.96. The maximum atomic E-state index is 13.8. The van der Waals surface area contributed by atoms with Gasteiger partial charge in [-0.25, -0.2) is 18.2 Å². The van der Waals surface area contributed by atoms with Crippen molar-refractivity contribution in [2.75, 3.05) is 5.75 Å². The van der Waals surface area contributed by atoms with Gasteiger partial charge in [-0.1, -0.05) is 121 Å². The van der Waals surface area contributed by atoms with E-state index >= 15 is 0 Å². The maximum absolute atomic E-state index is 13.8. The molecule has 0 radical (unpaired) electrons. The van der Waals surface area contributed by atoms with Crippen LogP contribution in [0.2, 0.25) is 0 Å². The molecule has 1 amide bonds. The first-order valence-corrected chi connectivity index (χ1v) is 21.9. The third-order valence-electron chi connectivity index (χ3n) is 10.2. The zero-order valence-electron chi connectivity index (χ0n) is 32.8. The van der Waals surface area contributed by atoms with E-state index in [0.29, 0.717) is 17.2 Å². The van der Waals surface area contributed by atoms with Gasteiger partial charge in [0.15, 0.2) is 6.29 Å². The molecule has 7 rings (SSSR count). The van der Waals surface area contributed by atoms with Crippen LogP contribution in [0.25, 0.3) is 11.1 Å². The molecule has 0 aliphatic carbocycles. The van der Waals surface area contributed by atoms with Crippen molar-refractivity contribution in [2.45, 2.75) is 67.4 Å².